The van der Waals surface area contributed by atoms with Gasteiger partial charge in [-0.05, 0) is 30.7 Å². The van der Waals surface area contributed by atoms with Crippen LogP contribution in [-0.4, -0.2) is 11.5 Å². The first-order valence-electron chi connectivity index (χ1n) is 5.76. The molecule has 5 heteroatoms. The molecule has 18 heavy (non-hydrogen) atoms. The zero-order valence-electron chi connectivity index (χ0n) is 9.99. The number of nitrogens with zero attached hydrogens (tertiary/aromatic N) is 1. The Morgan fingerprint density at radius 2 is 2.33 bits per heavy atom. The van der Waals surface area contributed by atoms with Crippen LogP contribution in [0.2, 0.25) is 5.02 Å². The highest BCUT2D eigenvalue weighted by molar-refractivity contribution is 7.09. The number of benzene rings is 1. The van der Waals surface area contributed by atoms with E-state index in [1.807, 2.05) is 11.7 Å². The molecule has 0 radical (unpaired) electrons. The average Bonchev–Trinajstić information content (AvgIpc) is 2.87. The maximum atomic E-state index is 13.1. The predicted octanol–water partition coefficient (Wildman–Crippen LogP) is 3.83. The van der Waals surface area contributed by atoms with Crippen LogP contribution < -0.4 is 5.32 Å². The Kier molecular flexibility index (Phi) is 4.69. The van der Waals surface area contributed by atoms with Crippen molar-refractivity contribution in [1.29, 1.82) is 0 Å². The molecule has 2 aromatic rings. The monoisotopic (exact) mass is 284 g/mol. The van der Waals surface area contributed by atoms with Gasteiger partial charge < -0.3 is 5.32 Å². The molecule has 1 heterocycles. The molecule has 2 nitrogen and oxygen atoms in total. The van der Waals surface area contributed by atoms with Crippen molar-refractivity contribution < 1.29 is 4.39 Å². The molecule has 96 valence electrons. The minimum Gasteiger partial charge on any atom is -0.309 e. The summed E-state index contributed by atoms with van der Waals surface area (Å²) in [5, 5.41) is 3.57. The molecule has 0 aliphatic rings. The Morgan fingerprint density at radius 1 is 1.50 bits per heavy atom. The van der Waals surface area contributed by atoms with Gasteiger partial charge >= 0.3 is 0 Å². The molecule has 0 aliphatic heterocycles. The molecule has 1 aromatic carbocycles. The van der Waals surface area contributed by atoms with Crippen molar-refractivity contribution in [3.63, 3.8) is 0 Å². The fourth-order valence-corrected chi connectivity index (χ4v) is 2.72. The number of nitrogens with one attached hydrogen (secondary N) is 1. The van der Waals surface area contributed by atoms with Gasteiger partial charge in [0, 0.05) is 17.1 Å². The lowest BCUT2D eigenvalue weighted by atomic mass is 10.0. The maximum Gasteiger partial charge on any atom is 0.141 e. The molecule has 0 saturated carbocycles. The molecular formula is C13H14ClFN2S. The van der Waals surface area contributed by atoms with Crippen LogP contribution in [0.25, 0.3) is 0 Å². The van der Waals surface area contributed by atoms with Gasteiger partial charge in [0.05, 0.1) is 10.5 Å². The highest BCUT2D eigenvalue weighted by Gasteiger charge is 2.13. The van der Waals surface area contributed by atoms with Crippen LogP contribution in [0, 0.1) is 5.82 Å². The SMILES string of the molecule is CCNC(Cc1ccc(F)c(Cl)c1)c1cncs1. The van der Waals surface area contributed by atoms with E-state index in [2.05, 4.69) is 17.2 Å². The van der Waals surface area contributed by atoms with Crippen molar-refractivity contribution in [2.45, 2.75) is 19.4 Å². The molecular weight excluding hydrogens is 271 g/mol. The quantitative estimate of drug-likeness (QED) is 0.903. The molecule has 1 N–H and O–H groups in total. The van der Waals surface area contributed by atoms with Crippen LogP contribution in [0.1, 0.15) is 23.4 Å². The summed E-state index contributed by atoms with van der Waals surface area (Å²) in [6, 6.07) is 5.06. The standard InChI is InChI=1S/C13H14ClFN2S/c1-2-17-12(13-7-16-8-18-13)6-9-3-4-11(15)10(14)5-9/h3-5,7-8,12,17H,2,6H2,1H3. The van der Waals surface area contributed by atoms with E-state index in [0.29, 0.717) is 0 Å². The molecule has 1 unspecified atom stereocenters. The summed E-state index contributed by atoms with van der Waals surface area (Å²) >= 11 is 7.41. The third kappa shape index (κ3) is 3.28. The number of hydrogen-bond acceptors (Lipinski definition) is 3. The van der Waals surface area contributed by atoms with Gasteiger partial charge in [0.1, 0.15) is 5.82 Å². The number of aromatic nitrogens is 1. The molecule has 0 bridgehead atoms. The highest BCUT2D eigenvalue weighted by Crippen LogP contribution is 2.24. The second kappa shape index (κ2) is 6.27. The second-order valence-corrected chi connectivity index (χ2v) is 5.29. The van der Waals surface area contributed by atoms with Crippen molar-refractivity contribution in [3.05, 3.63) is 51.2 Å². The Hall–Kier alpha value is -0.970. The van der Waals surface area contributed by atoms with Gasteiger partial charge in [-0.3, -0.25) is 4.98 Å². The van der Waals surface area contributed by atoms with Crippen LogP contribution in [0.3, 0.4) is 0 Å². The van der Waals surface area contributed by atoms with Gasteiger partial charge in [-0.25, -0.2) is 4.39 Å². The van der Waals surface area contributed by atoms with E-state index in [9.17, 15) is 4.39 Å². The Labute approximate surface area is 115 Å². The lowest BCUT2D eigenvalue weighted by Gasteiger charge is -2.16. The van der Waals surface area contributed by atoms with Gasteiger partial charge in [0.25, 0.3) is 0 Å². The highest BCUT2D eigenvalue weighted by atomic mass is 35.5. The summed E-state index contributed by atoms with van der Waals surface area (Å²) in [5.74, 6) is -0.377. The van der Waals surface area contributed by atoms with Crippen LogP contribution in [0.4, 0.5) is 4.39 Å². The summed E-state index contributed by atoms with van der Waals surface area (Å²) in [6.45, 7) is 2.93. The first-order valence-corrected chi connectivity index (χ1v) is 7.02. The lowest BCUT2D eigenvalue weighted by molar-refractivity contribution is 0.556. The van der Waals surface area contributed by atoms with Gasteiger partial charge in [0.15, 0.2) is 0 Å². The zero-order valence-corrected chi connectivity index (χ0v) is 11.6. The molecule has 0 spiro atoms. The molecule has 1 aromatic heterocycles. The summed E-state index contributed by atoms with van der Waals surface area (Å²) in [4.78, 5) is 5.27. The van der Waals surface area contributed by atoms with Gasteiger partial charge in [0.2, 0.25) is 0 Å². The van der Waals surface area contributed by atoms with E-state index >= 15 is 0 Å². The second-order valence-electron chi connectivity index (χ2n) is 3.97. The van der Waals surface area contributed by atoms with Gasteiger partial charge in [-0.1, -0.05) is 24.6 Å². The number of halogens is 2. The summed E-state index contributed by atoms with van der Waals surface area (Å²) in [6.07, 6.45) is 2.64. The van der Waals surface area contributed by atoms with E-state index in [1.54, 1.807) is 23.5 Å². The van der Waals surface area contributed by atoms with Gasteiger partial charge in [-0.2, -0.15) is 0 Å². The zero-order chi connectivity index (χ0) is 13.0. The molecule has 0 saturated heterocycles. The van der Waals surface area contributed by atoms with Crippen LogP contribution in [0.15, 0.2) is 29.9 Å². The third-order valence-electron chi connectivity index (χ3n) is 2.67. The van der Waals surface area contributed by atoms with E-state index < -0.39 is 0 Å². The van der Waals surface area contributed by atoms with E-state index in [4.69, 9.17) is 11.6 Å². The smallest absolute Gasteiger partial charge is 0.141 e. The van der Waals surface area contributed by atoms with Crippen molar-refractivity contribution >= 4 is 22.9 Å². The van der Waals surface area contributed by atoms with Crippen molar-refractivity contribution in [2.24, 2.45) is 0 Å². The molecule has 2 rings (SSSR count). The maximum absolute atomic E-state index is 13.1. The van der Waals surface area contributed by atoms with Gasteiger partial charge in [-0.15, -0.1) is 11.3 Å². The summed E-state index contributed by atoms with van der Waals surface area (Å²) < 4.78 is 13.1. The minimum atomic E-state index is -0.377. The largest absolute Gasteiger partial charge is 0.309 e. The topological polar surface area (TPSA) is 24.9 Å². The van der Waals surface area contributed by atoms with Crippen molar-refractivity contribution in [2.75, 3.05) is 6.54 Å². The molecule has 0 amide bonds. The van der Waals surface area contributed by atoms with E-state index in [-0.39, 0.29) is 16.9 Å². The fraction of sp³-hybridized carbons (Fsp3) is 0.308. The number of hydrogen-bond donors (Lipinski definition) is 1. The van der Waals surface area contributed by atoms with Crippen molar-refractivity contribution in [3.8, 4) is 0 Å². The molecule has 1 atom stereocenters. The van der Waals surface area contributed by atoms with Crippen molar-refractivity contribution in [1.82, 2.24) is 10.3 Å². The first-order chi connectivity index (χ1) is 8.70. The fourth-order valence-electron chi connectivity index (χ4n) is 1.82. The molecule has 0 aliphatic carbocycles. The number of thiazole rings is 1. The Morgan fingerprint density at radius 3 is 2.94 bits per heavy atom. The van der Waals surface area contributed by atoms with E-state index in [1.165, 1.54) is 10.9 Å². The average molecular weight is 285 g/mol. The Bertz CT molecular complexity index is 502. The number of rotatable bonds is 5. The minimum absolute atomic E-state index is 0.173. The first kappa shape index (κ1) is 13.5. The summed E-state index contributed by atoms with van der Waals surface area (Å²) in [5.41, 5.74) is 2.83. The van der Waals surface area contributed by atoms with Crippen LogP contribution in [0.5, 0.6) is 0 Å². The predicted molar refractivity (Wildman–Crippen MR) is 73.6 cm³/mol. The van der Waals surface area contributed by atoms with E-state index in [0.717, 1.165) is 18.5 Å². The van der Waals surface area contributed by atoms with Crippen LogP contribution in [-0.2, 0) is 6.42 Å². The third-order valence-corrected chi connectivity index (χ3v) is 3.85. The molecule has 0 fully saturated rings. The normalized spacial score (nSPS) is 12.6. The Balaban J connectivity index is 2.16. The lowest BCUT2D eigenvalue weighted by Crippen LogP contribution is -2.22. The summed E-state index contributed by atoms with van der Waals surface area (Å²) in [7, 11) is 0. The number of likely N-dealkylation sites (N-methyl/N-ethyl adjacent to an activating group) is 1. The van der Waals surface area contributed by atoms with Crippen LogP contribution >= 0.6 is 22.9 Å².